The maximum absolute atomic E-state index is 11.9. The molecule has 1 atom stereocenters. The molecule has 7 nitrogen and oxygen atoms in total. The van der Waals surface area contributed by atoms with Gasteiger partial charge in [0, 0.05) is 18.3 Å². The van der Waals surface area contributed by atoms with Crippen molar-refractivity contribution in [2.75, 3.05) is 10.6 Å². The van der Waals surface area contributed by atoms with E-state index < -0.39 is 6.04 Å². The molecule has 120 valence electrons. The van der Waals surface area contributed by atoms with Crippen molar-refractivity contribution in [2.24, 2.45) is 0 Å². The second kappa shape index (κ2) is 7.26. The van der Waals surface area contributed by atoms with Crippen LogP contribution in [-0.4, -0.2) is 23.8 Å². The molecule has 3 N–H and O–H groups in total. The fraction of sp³-hybridized carbons (Fsp3) is 0.188. The smallest absolute Gasteiger partial charge is 0.291 e. The Morgan fingerprint density at radius 2 is 1.74 bits per heavy atom. The number of anilines is 2. The van der Waals surface area contributed by atoms with E-state index in [0.717, 1.165) is 0 Å². The summed E-state index contributed by atoms with van der Waals surface area (Å²) in [5, 5.41) is 7.83. The Balaban J connectivity index is 2.01. The zero-order valence-corrected chi connectivity index (χ0v) is 12.8. The normalized spacial score (nSPS) is 11.4. The van der Waals surface area contributed by atoms with Gasteiger partial charge in [-0.2, -0.15) is 0 Å². The van der Waals surface area contributed by atoms with Crippen LogP contribution < -0.4 is 16.0 Å². The molecule has 0 fully saturated rings. The van der Waals surface area contributed by atoms with Gasteiger partial charge in [-0.05, 0) is 37.3 Å². The topological polar surface area (TPSA) is 100 Å². The van der Waals surface area contributed by atoms with Gasteiger partial charge < -0.3 is 20.4 Å². The van der Waals surface area contributed by atoms with Crippen molar-refractivity contribution in [1.82, 2.24) is 5.32 Å². The summed E-state index contributed by atoms with van der Waals surface area (Å²) < 4.78 is 5.01. The molecule has 0 aliphatic heterocycles. The Labute approximate surface area is 133 Å². The van der Waals surface area contributed by atoms with Crippen LogP contribution >= 0.6 is 0 Å². The van der Waals surface area contributed by atoms with Crippen molar-refractivity contribution in [1.29, 1.82) is 0 Å². The third kappa shape index (κ3) is 4.70. The first-order chi connectivity index (χ1) is 11.0. The van der Waals surface area contributed by atoms with E-state index in [1.165, 1.54) is 13.2 Å². The first-order valence-corrected chi connectivity index (χ1v) is 6.98. The fourth-order valence-corrected chi connectivity index (χ4v) is 1.90. The minimum atomic E-state index is -0.658. The van der Waals surface area contributed by atoms with Crippen molar-refractivity contribution < 1.29 is 18.8 Å². The molecule has 0 saturated carbocycles. The molecule has 0 saturated heterocycles. The van der Waals surface area contributed by atoms with E-state index in [9.17, 15) is 14.4 Å². The molecule has 0 spiro atoms. The highest BCUT2D eigenvalue weighted by atomic mass is 16.3. The van der Waals surface area contributed by atoms with E-state index in [-0.39, 0.29) is 23.5 Å². The molecule has 2 aromatic rings. The molecule has 0 aliphatic carbocycles. The highest BCUT2D eigenvalue weighted by molar-refractivity contribution is 6.03. The Bertz CT molecular complexity index is 710. The summed E-state index contributed by atoms with van der Waals surface area (Å²) in [4.78, 5) is 34.8. The highest BCUT2D eigenvalue weighted by Gasteiger charge is 2.14. The summed E-state index contributed by atoms with van der Waals surface area (Å²) in [6.45, 7) is 2.92. The van der Waals surface area contributed by atoms with Crippen molar-refractivity contribution >= 4 is 29.1 Å². The van der Waals surface area contributed by atoms with Crippen LogP contribution in [0.25, 0.3) is 0 Å². The summed E-state index contributed by atoms with van der Waals surface area (Å²) in [6.07, 6.45) is 1.41. The van der Waals surface area contributed by atoms with E-state index in [1.807, 2.05) is 0 Å². The zero-order chi connectivity index (χ0) is 16.8. The molecule has 23 heavy (non-hydrogen) atoms. The van der Waals surface area contributed by atoms with E-state index in [1.54, 1.807) is 43.3 Å². The van der Waals surface area contributed by atoms with Gasteiger partial charge in [0.25, 0.3) is 5.91 Å². The van der Waals surface area contributed by atoms with Gasteiger partial charge >= 0.3 is 0 Å². The van der Waals surface area contributed by atoms with Crippen molar-refractivity contribution in [3.8, 4) is 0 Å². The largest absolute Gasteiger partial charge is 0.459 e. The van der Waals surface area contributed by atoms with Crippen LogP contribution in [0.4, 0.5) is 11.4 Å². The monoisotopic (exact) mass is 315 g/mol. The molecule has 0 bridgehead atoms. The lowest BCUT2D eigenvalue weighted by atomic mass is 10.2. The van der Waals surface area contributed by atoms with Crippen LogP contribution in [0.3, 0.4) is 0 Å². The summed E-state index contributed by atoms with van der Waals surface area (Å²) in [5.74, 6) is -0.828. The van der Waals surface area contributed by atoms with Crippen molar-refractivity contribution in [3.05, 3.63) is 48.4 Å². The van der Waals surface area contributed by atoms with E-state index in [2.05, 4.69) is 16.0 Å². The van der Waals surface area contributed by atoms with Crippen LogP contribution in [0.15, 0.2) is 47.1 Å². The Kier molecular flexibility index (Phi) is 5.14. The average molecular weight is 315 g/mol. The molecule has 1 heterocycles. The summed E-state index contributed by atoms with van der Waals surface area (Å²) >= 11 is 0. The molecule has 0 aliphatic rings. The van der Waals surface area contributed by atoms with Gasteiger partial charge in [0.2, 0.25) is 11.8 Å². The van der Waals surface area contributed by atoms with Crippen LogP contribution in [0.1, 0.15) is 24.4 Å². The van der Waals surface area contributed by atoms with Gasteiger partial charge in [0.05, 0.1) is 6.26 Å². The minimum Gasteiger partial charge on any atom is -0.459 e. The van der Waals surface area contributed by atoms with Crippen LogP contribution in [0, 0.1) is 0 Å². The van der Waals surface area contributed by atoms with Crippen molar-refractivity contribution in [3.63, 3.8) is 0 Å². The Morgan fingerprint density at radius 1 is 1.04 bits per heavy atom. The SMILES string of the molecule is CC(=O)NC(C)C(=O)Nc1cccc(NC(=O)c2ccco2)c1. The first kappa shape index (κ1) is 16.3. The number of nitrogens with one attached hydrogen (secondary N) is 3. The maximum Gasteiger partial charge on any atom is 0.291 e. The van der Waals surface area contributed by atoms with E-state index >= 15 is 0 Å². The number of rotatable bonds is 5. The highest BCUT2D eigenvalue weighted by Crippen LogP contribution is 2.16. The number of benzene rings is 1. The van der Waals surface area contributed by atoms with Gasteiger partial charge in [-0.15, -0.1) is 0 Å². The van der Waals surface area contributed by atoms with Gasteiger partial charge in [0.1, 0.15) is 6.04 Å². The average Bonchev–Trinajstić information content (AvgIpc) is 3.01. The van der Waals surface area contributed by atoms with Crippen LogP contribution in [0.5, 0.6) is 0 Å². The van der Waals surface area contributed by atoms with E-state index in [4.69, 9.17) is 4.42 Å². The molecule has 0 radical (unpaired) electrons. The van der Waals surface area contributed by atoms with Gasteiger partial charge in [0.15, 0.2) is 5.76 Å². The van der Waals surface area contributed by atoms with Gasteiger partial charge in [-0.1, -0.05) is 6.07 Å². The van der Waals surface area contributed by atoms with Crippen molar-refractivity contribution in [2.45, 2.75) is 19.9 Å². The lowest BCUT2D eigenvalue weighted by molar-refractivity contribution is -0.124. The summed E-state index contributed by atoms with van der Waals surface area (Å²) in [6, 6.07) is 9.18. The first-order valence-electron chi connectivity index (χ1n) is 6.98. The number of carbonyl (C=O) groups excluding carboxylic acids is 3. The number of furan rings is 1. The maximum atomic E-state index is 11.9. The Morgan fingerprint density at radius 3 is 2.35 bits per heavy atom. The molecular weight excluding hydrogens is 298 g/mol. The standard InChI is InChI=1S/C16H17N3O4/c1-10(17-11(2)20)15(21)18-12-5-3-6-13(9-12)19-16(22)14-7-4-8-23-14/h3-10H,1-2H3,(H,17,20)(H,18,21)(H,19,22). The second-order valence-electron chi connectivity index (χ2n) is 4.92. The number of amides is 3. The third-order valence-corrected chi connectivity index (χ3v) is 2.95. The minimum absolute atomic E-state index is 0.193. The number of hydrogen-bond donors (Lipinski definition) is 3. The molecule has 3 amide bonds. The molecule has 1 aromatic heterocycles. The molecule has 1 aromatic carbocycles. The predicted octanol–water partition coefficient (Wildman–Crippen LogP) is 1.99. The summed E-state index contributed by atoms with van der Waals surface area (Å²) in [7, 11) is 0. The Hall–Kier alpha value is -3.09. The second-order valence-corrected chi connectivity index (χ2v) is 4.92. The number of hydrogen-bond acceptors (Lipinski definition) is 4. The lowest BCUT2D eigenvalue weighted by Crippen LogP contribution is -2.40. The molecule has 7 heteroatoms. The third-order valence-electron chi connectivity index (χ3n) is 2.95. The molecular formula is C16H17N3O4. The van der Waals surface area contributed by atoms with Gasteiger partial charge in [-0.3, -0.25) is 14.4 Å². The zero-order valence-electron chi connectivity index (χ0n) is 12.8. The van der Waals surface area contributed by atoms with Crippen LogP contribution in [0.2, 0.25) is 0 Å². The summed E-state index contributed by atoms with van der Waals surface area (Å²) in [5.41, 5.74) is 1.01. The number of carbonyl (C=O) groups is 3. The molecule has 1 unspecified atom stereocenters. The predicted molar refractivity (Wildman–Crippen MR) is 85.0 cm³/mol. The van der Waals surface area contributed by atoms with Crippen LogP contribution in [-0.2, 0) is 9.59 Å². The van der Waals surface area contributed by atoms with Gasteiger partial charge in [-0.25, -0.2) is 0 Å². The fourth-order valence-electron chi connectivity index (χ4n) is 1.90. The quantitative estimate of drug-likeness (QED) is 0.785. The molecule has 2 rings (SSSR count). The van der Waals surface area contributed by atoms with E-state index in [0.29, 0.717) is 11.4 Å². The lowest BCUT2D eigenvalue weighted by Gasteiger charge is -2.13.